The molecule has 0 saturated heterocycles. The number of hydrogen-bond donors (Lipinski definition) is 1. The van der Waals surface area contributed by atoms with Gasteiger partial charge in [0.05, 0.1) is 11.2 Å². The van der Waals surface area contributed by atoms with Crippen LogP contribution in [0.4, 0.5) is 0 Å². The molecule has 1 aliphatic carbocycles. The Bertz CT molecular complexity index is 792. The molecule has 0 bridgehead atoms. The molecule has 2 nitrogen and oxygen atoms in total. The summed E-state index contributed by atoms with van der Waals surface area (Å²) >= 11 is 0. The molecular formula is C17H13NO. The first kappa shape index (κ1) is 10.6. The van der Waals surface area contributed by atoms with Crippen LogP contribution in [0, 0.1) is 0 Å². The van der Waals surface area contributed by atoms with Gasteiger partial charge in [0.25, 0.3) is 0 Å². The van der Waals surface area contributed by atoms with E-state index in [4.69, 9.17) is 4.98 Å². The number of aromatic hydroxyl groups is 1. The average Bonchev–Trinajstić information content (AvgIpc) is 2.45. The zero-order valence-corrected chi connectivity index (χ0v) is 10.4. The van der Waals surface area contributed by atoms with E-state index in [0.29, 0.717) is 0 Å². The largest absolute Gasteiger partial charge is 0.508 e. The van der Waals surface area contributed by atoms with Crippen molar-refractivity contribution in [3.63, 3.8) is 0 Å². The Balaban J connectivity index is 2.04. The maximum absolute atomic E-state index is 9.59. The number of phenolic OH excluding ortho intramolecular Hbond substituents is 1. The van der Waals surface area contributed by atoms with E-state index in [0.717, 1.165) is 29.4 Å². The van der Waals surface area contributed by atoms with Crippen LogP contribution in [0.25, 0.3) is 22.2 Å². The summed E-state index contributed by atoms with van der Waals surface area (Å²) in [4.78, 5) is 4.76. The second kappa shape index (κ2) is 3.82. The van der Waals surface area contributed by atoms with Gasteiger partial charge in [-0.25, -0.2) is 4.98 Å². The number of benzene rings is 2. The number of aryl methyl sites for hydroxylation is 2. The quantitative estimate of drug-likeness (QED) is 0.657. The Kier molecular flexibility index (Phi) is 2.12. The second-order valence-corrected chi connectivity index (χ2v) is 5.03. The van der Waals surface area contributed by atoms with Gasteiger partial charge in [0.1, 0.15) is 5.75 Å². The van der Waals surface area contributed by atoms with Crippen LogP contribution in [0.3, 0.4) is 0 Å². The van der Waals surface area contributed by atoms with E-state index in [1.54, 1.807) is 12.1 Å². The summed E-state index contributed by atoms with van der Waals surface area (Å²) < 4.78 is 0. The first-order valence-corrected chi connectivity index (χ1v) is 6.52. The fourth-order valence-electron chi connectivity index (χ4n) is 2.86. The van der Waals surface area contributed by atoms with E-state index in [1.165, 1.54) is 16.7 Å². The number of fused-ring (bicyclic) bond motifs is 4. The fraction of sp³-hybridized carbons (Fsp3) is 0.118. The molecule has 92 valence electrons. The highest BCUT2D eigenvalue weighted by Gasteiger charge is 2.17. The second-order valence-electron chi connectivity index (χ2n) is 5.03. The number of phenols is 1. The molecule has 1 N–H and O–H groups in total. The minimum atomic E-state index is 0.268. The van der Waals surface area contributed by atoms with Gasteiger partial charge in [0, 0.05) is 17.0 Å². The predicted octanol–water partition coefficient (Wildman–Crippen LogP) is 3.71. The zero-order chi connectivity index (χ0) is 12.8. The topological polar surface area (TPSA) is 33.1 Å². The van der Waals surface area contributed by atoms with Gasteiger partial charge in [-0.2, -0.15) is 0 Å². The van der Waals surface area contributed by atoms with E-state index in [-0.39, 0.29) is 5.75 Å². The summed E-state index contributed by atoms with van der Waals surface area (Å²) in [7, 11) is 0. The third kappa shape index (κ3) is 1.60. The minimum absolute atomic E-state index is 0.268. The number of nitrogens with zero attached hydrogens (tertiary/aromatic N) is 1. The monoisotopic (exact) mass is 247 g/mol. The fourth-order valence-corrected chi connectivity index (χ4v) is 2.86. The van der Waals surface area contributed by atoms with Crippen LogP contribution in [-0.2, 0) is 12.8 Å². The van der Waals surface area contributed by atoms with Gasteiger partial charge in [-0.05, 0) is 42.2 Å². The Morgan fingerprint density at radius 1 is 0.895 bits per heavy atom. The van der Waals surface area contributed by atoms with Gasteiger partial charge < -0.3 is 5.11 Å². The molecule has 0 atom stereocenters. The molecule has 0 fully saturated rings. The molecule has 2 aromatic carbocycles. The van der Waals surface area contributed by atoms with Crippen molar-refractivity contribution in [2.75, 3.05) is 0 Å². The van der Waals surface area contributed by atoms with Crippen LogP contribution in [0.1, 0.15) is 11.1 Å². The molecule has 2 heteroatoms. The smallest absolute Gasteiger partial charge is 0.117 e. The summed E-state index contributed by atoms with van der Waals surface area (Å²) in [6.45, 7) is 0. The minimum Gasteiger partial charge on any atom is -0.508 e. The number of aromatic nitrogens is 1. The van der Waals surface area contributed by atoms with Crippen molar-refractivity contribution in [1.82, 2.24) is 4.98 Å². The van der Waals surface area contributed by atoms with Crippen LogP contribution < -0.4 is 0 Å². The lowest BCUT2D eigenvalue weighted by molar-refractivity contribution is 0.476. The Morgan fingerprint density at radius 2 is 1.74 bits per heavy atom. The third-order valence-corrected chi connectivity index (χ3v) is 3.82. The predicted molar refractivity (Wildman–Crippen MR) is 76.3 cm³/mol. The zero-order valence-electron chi connectivity index (χ0n) is 10.4. The molecule has 0 amide bonds. The summed E-state index contributed by atoms with van der Waals surface area (Å²) in [5.74, 6) is 0.268. The van der Waals surface area contributed by atoms with Crippen LogP contribution in [0.5, 0.6) is 5.75 Å². The Morgan fingerprint density at radius 3 is 2.68 bits per heavy atom. The molecule has 19 heavy (non-hydrogen) atoms. The molecule has 1 aromatic heterocycles. The van der Waals surface area contributed by atoms with Crippen molar-refractivity contribution in [2.45, 2.75) is 12.8 Å². The Labute approximate surface area is 111 Å². The third-order valence-electron chi connectivity index (χ3n) is 3.82. The lowest BCUT2D eigenvalue weighted by Crippen LogP contribution is -2.05. The lowest BCUT2D eigenvalue weighted by Gasteiger charge is -2.19. The van der Waals surface area contributed by atoms with E-state index in [2.05, 4.69) is 30.3 Å². The number of rotatable bonds is 0. The van der Waals surface area contributed by atoms with Crippen molar-refractivity contribution in [3.8, 4) is 17.0 Å². The summed E-state index contributed by atoms with van der Waals surface area (Å²) in [5.41, 5.74) is 5.82. The van der Waals surface area contributed by atoms with Crippen LogP contribution >= 0.6 is 0 Å². The van der Waals surface area contributed by atoms with Crippen molar-refractivity contribution >= 4 is 10.9 Å². The molecule has 0 radical (unpaired) electrons. The van der Waals surface area contributed by atoms with E-state index < -0.39 is 0 Å². The van der Waals surface area contributed by atoms with Crippen LogP contribution in [0.15, 0.2) is 48.5 Å². The standard InChI is InChI=1S/C17H13NO/c19-14-8-7-12-9-13-6-5-11-3-1-2-4-15(11)17(13)18-16(12)10-14/h1-4,7-10,19H,5-6H2. The van der Waals surface area contributed by atoms with E-state index >= 15 is 0 Å². The van der Waals surface area contributed by atoms with Crippen molar-refractivity contribution in [3.05, 3.63) is 59.7 Å². The highest BCUT2D eigenvalue weighted by Crippen LogP contribution is 2.34. The highest BCUT2D eigenvalue weighted by molar-refractivity contribution is 5.85. The molecule has 1 heterocycles. The summed E-state index contributed by atoms with van der Waals surface area (Å²) in [6, 6.07) is 16.0. The first-order valence-electron chi connectivity index (χ1n) is 6.52. The molecule has 3 aromatic rings. The highest BCUT2D eigenvalue weighted by atomic mass is 16.3. The van der Waals surface area contributed by atoms with Gasteiger partial charge >= 0.3 is 0 Å². The van der Waals surface area contributed by atoms with Crippen molar-refractivity contribution in [2.24, 2.45) is 0 Å². The molecule has 0 spiro atoms. The maximum Gasteiger partial charge on any atom is 0.117 e. The summed E-state index contributed by atoms with van der Waals surface area (Å²) in [6.07, 6.45) is 2.12. The van der Waals surface area contributed by atoms with Crippen molar-refractivity contribution in [1.29, 1.82) is 0 Å². The average molecular weight is 247 g/mol. The maximum atomic E-state index is 9.59. The molecule has 0 unspecified atom stereocenters. The number of hydrogen-bond acceptors (Lipinski definition) is 2. The van der Waals surface area contributed by atoms with E-state index in [9.17, 15) is 5.11 Å². The molecule has 0 saturated carbocycles. The van der Waals surface area contributed by atoms with Crippen LogP contribution in [0.2, 0.25) is 0 Å². The lowest BCUT2D eigenvalue weighted by atomic mass is 9.88. The van der Waals surface area contributed by atoms with Gasteiger partial charge in [-0.1, -0.05) is 24.3 Å². The van der Waals surface area contributed by atoms with E-state index in [1.807, 2.05) is 6.07 Å². The molecule has 0 aliphatic heterocycles. The van der Waals surface area contributed by atoms with Gasteiger partial charge in [-0.3, -0.25) is 0 Å². The van der Waals surface area contributed by atoms with Gasteiger partial charge in [0.2, 0.25) is 0 Å². The first-order chi connectivity index (χ1) is 9.31. The van der Waals surface area contributed by atoms with Crippen molar-refractivity contribution < 1.29 is 5.11 Å². The van der Waals surface area contributed by atoms with Crippen LogP contribution in [-0.4, -0.2) is 10.1 Å². The molecule has 4 rings (SSSR count). The Hall–Kier alpha value is -2.35. The SMILES string of the molecule is Oc1ccc2cc3c(nc2c1)-c1ccccc1CC3. The normalized spacial score (nSPS) is 13.1. The molecule has 1 aliphatic rings. The number of pyridine rings is 1. The summed E-state index contributed by atoms with van der Waals surface area (Å²) in [5, 5.41) is 10.7. The van der Waals surface area contributed by atoms with Gasteiger partial charge in [0.15, 0.2) is 0 Å². The molecular weight excluding hydrogens is 234 g/mol. The van der Waals surface area contributed by atoms with Gasteiger partial charge in [-0.15, -0.1) is 0 Å².